The SMILES string of the molecule is COc1cc(Cl)ccc1NC(=S)N(Cc1cccs1)CC1CCCO1. The van der Waals surface area contributed by atoms with Crippen LogP contribution in [0.25, 0.3) is 0 Å². The lowest BCUT2D eigenvalue weighted by Crippen LogP contribution is -2.39. The van der Waals surface area contributed by atoms with Crippen molar-refractivity contribution in [2.45, 2.75) is 25.5 Å². The number of thiophene rings is 1. The lowest BCUT2D eigenvalue weighted by molar-refractivity contribution is 0.0907. The molecule has 1 unspecified atom stereocenters. The number of thiocarbonyl (C=S) groups is 1. The van der Waals surface area contributed by atoms with Crippen LogP contribution < -0.4 is 10.1 Å². The van der Waals surface area contributed by atoms with Gasteiger partial charge in [-0.05, 0) is 48.6 Å². The molecule has 0 saturated carbocycles. The van der Waals surface area contributed by atoms with Crippen molar-refractivity contribution in [1.82, 2.24) is 4.90 Å². The van der Waals surface area contributed by atoms with E-state index in [2.05, 4.69) is 27.7 Å². The van der Waals surface area contributed by atoms with E-state index in [1.54, 1.807) is 24.5 Å². The highest BCUT2D eigenvalue weighted by atomic mass is 35.5. The van der Waals surface area contributed by atoms with Crippen LogP contribution in [0.2, 0.25) is 5.02 Å². The maximum atomic E-state index is 6.04. The van der Waals surface area contributed by atoms with Crippen molar-refractivity contribution in [3.63, 3.8) is 0 Å². The number of anilines is 1. The Labute approximate surface area is 162 Å². The number of benzene rings is 1. The van der Waals surface area contributed by atoms with E-state index in [1.165, 1.54) is 4.88 Å². The van der Waals surface area contributed by atoms with Gasteiger partial charge in [0.15, 0.2) is 5.11 Å². The van der Waals surface area contributed by atoms with Crippen LogP contribution >= 0.6 is 35.2 Å². The lowest BCUT2D eigenvalue weighted by Gasteiger charge is -2.28. The first-order chi connectivity index (χ1) is 12.2. The number of nitrogens with zero attached hydrogens (tertiary/aromatic N) is 1. The Morgan fingerprint density at radius 2 is 2.36 bits per heavy atom. The highest BCUT2D eigenvalue weighted by Crippen LogP contribution is 2.28. The summed E-state index contributed by atoms with van der Waals surface area (Å²) in [6.07, 6.45) is 2.42. The second-order valence-corrected chi connectivity index (χ2v) is 7.73. The summed E-state index contributed by atoms with van der Waals surface area (Å²) in [5.41, 5.74) is 0.806. The molecule has 0 aliphatic carbocycles. The smallest absolute Gasteiger partial charge is 0.173 e. The summed E-state index contributed by atoms with van der Waals surface area (Å²) in [4.78, 5) is 3.43. The number of methoxy groups -OCH3 is 1. The number of nitrogens with one attached hydrogen (secondary N) is 1. The zero-order valence-corrected chi connectivity index (χ0v) is 16.4. The molecular weight excluding hydrogens is 376 g/mol. The van der Waals surface area contributed by atoms with E-state index in [4.69, 9.17) is 33.3 Å². The maximum Gasteiger partial charge on any atom is 0.173 e. The molecule has 1 aliphatic heterocycles. The first-order valence-corrected chi connectivity index (χ1v) is 9.86. The second-order valence-electron chi connectivity index (χ2n) is 5.87. The summed E-state index contributed by atoms with van der Waals surface area (Å²) in [5.74, 6) is 0.669. The van der Waals surface area contributed by atoms with Gasteiger partial charge in [-0.3, -0.25) is 0 Å². The van der Waals surface area contributed by atoms with Gasteiger partial charge < -0.3 is 19.7 Å². The van der Waals surface area contributed by atoms with Crippen molar-refractivity contribution in [2.24, 2.45) is 0 Å². The minimum Gasteiger partial charge on any atom is -0.495 e. The fourth-order valence-corrected chi connectivity index (χ4v) is 3.94. The number of ether oxygens (including phenoxy) is 2. The van der Waals surface area contributed by atoms with E-state index in [1.807, 2.05) is 12.1 Å². The molecule has 3 rings (SSSR count). The van der Waals surface area contributed by atoms with Gasteiger partial charge in [0.25, 0.3) is 0 Å². The van der Waals surface area contributed by atoms with Gasteiger partial charge in [0.05, 0.1) is 25.4 Å². The zero-order valence-electron chi connectivity index (χ0n) is 14.0. The minimum atomic E-state index is 0.229. The molecule has 1 N–H and O–H groups in total. The quantitative estimate of drug-likeness (QED) is 0.710. The standard InChI is InChI=1S/C18H21ClN2O2S2/c1-22-17-10-13(19)6-7-16(17)20-18(24)21(11-14-4-2-8-23-14)12-15-5-3-9-25-15/h3,5-7,9-10,14H,2,4,8,11-12H2,1H3,(H,20,24). The van der Waals surface area contributed by atoms with Crippen molar-refractivity contribution in [3.05, 3.63) is 45.6 Å². The van der Waals surface area contributed by atoms with E-state index in [0.29, 0.717) is 15.9 Å². The molecule has 2 aromatic rings. The monoisotopic (exact) mass is 396 g/mol. The number of rotatable bonds is 6. The first kappa shape index (κ1) is 18.5. The van der Waals surface area contributed by atoms with E-state index < -0.39 is 0 Å². The van der Waals surface area contributed by atoms with E-state index in [9.17, 15) is 0 Å². The van der Waals surface area contributed by atoms with Crippen LogP contribution in [0.4, 0.5) is 5.69 Å². The fraction of sp³-hybridized carbons (Fsp3) is 0.389. The Kier molecular flexibility index (Phi) is 6.53. The van der Waals surface area contributed by atoms with Gasteiger partial charge in [-0.2, -0.15) is 0 Å². The summed E-state index contributed by atoms with van der Waals surface area (Å²) < 4.78 is 11.2. The highest BCUT2D eigenvalue weighted by Gasteiger charge is 2.22. The molecule has 134 valence electrons. The first-order valence-electron chi connectivity index (χ1n) is 8.19. The van der Waals surface area contributed by atoms with Gasteiger partial charge in [-0.1, -0.05) is 17.7 Å². The Balaban J connectivity index is 1.73. The van der Waals surface area contributed by atoms with Gasteiger partial charge in [0, 0.05) is 29.1 Å². The van der Waals surface area contributed by atoms with Gasteiger partial charge in [0.1, 0.15) is 5.75 Å². The minimum absolute atomic E-state index is 0.229. The predicted octanol–water partition coefficient (Wildman–Crippen LogP) is 4.79. The van der Waals surface area contributed by atoms with Crippen molar-refractivity contribution < 1.29 is 9.47 Å². The molecule has 7 heteroatoms. The molecule has 0 radical (unpaired) electrons. The molecule has 1 aromatic heterocycles. The average Bonchev–Trinajstić information content (AvgIpc) is 3.29. The Morgan fingerprint density at radius 1 is 1.48 bits per heavy atom. The Hall–Kier alpha value is -1.34. The number of hydrogen-bond acceptors (Lipinski definition) is 4. The van der Waals surface area contributed by atoms with Crippen LogP contribution in [0.15, 0.2) is 35.7 Å². The predicted molar refractivity (Wildman–Crippen MR) is 108 cm³/mol. The highest BCUT2D eigenvalue weighted by molar-refractivity contribution is 7.80. The summed E-state index contributed by atoms with van der Waals surface area (Å²) in [5, 5.41) is 6.66. The third-order valence-electron chi connectivity index (χ3n) is 4.07. The van der Waals surface area contributed by atoms with Crippen LogP contribution in [-0.4, -0.2) is 36.4 Å². The van der Waals surface area contributed by atoms with Crippen molar-refractivity contribution in [3.8, 4) is 5.75 Å². The van der Waals surface area contributed by atoms with Crippen LogP contribution in [0.5, 0.6) is 5.75 Å². The second kappa shape index (κ2) is 8.85. The topological polar surface area (TPSA) is 33.7 Å². The summed E-state index contributed by atoms with van der Waals surface area (Å²) in [6.45, 7) is 2.38. The van der Waals surface area contributed by atoms with Crippen molar-refractivity contribution >= 4 is 46.0 Å². The average molecular weight is 397 g/mol. The molecule has 1 atom stereocenters. The third-order valence-corrected chi connectivity index (χ3v) is 5.52. The summed E-state index contributed by atoms with van der Waals surface area (Å²) in [7, 11) is 1.62. The lowest BCUT2D eigenvalue weighted by atomic mass is 10.2. The van der Waals surface area contributed by atoms with E-state index >= 15 is 0 Å². The molecule has 1 fully saturated rings. The Morgan fingerprint density at radius 3 is 3.04 bits per heavy atom. The molecular formula is C18H21ClN2O2S2. The maximum absolute atomic E-state index is 6.04. The molecule has 2 heterocycles. The molecule has 4 nitrogen and oxygen atoms in total. The molecule has 1 saturated heterocycles. The molecule has 1 aromatic carbocycles. The van der Waals surface area contributed by atoms with Crippen LogP contribution in [-0.2, 0) is 11.3 Å². The molecule has 0 spiro atoms. The summed E-state index contributed by atoms with van der Waals surface area (Å²) >= 11 is 13.4. The van der Waals surface area contributed by atoms with Gasteiger partial charge in [-0.15, -0.1) is 11.3 Å². The fourth-order valence-electron chi connectivity index (χ4n) is 2.81. The normalized spacial score (nSPS) is 16.6. The number of hydrogen-bond donors (Lipinski definition) is 1. The van der Waals surface area contributed by atoms with E-state index in [0.717, 1.165) is 38.2 Å². The van der Waals surface area contributed by atoms with Crippen molar-refractivity contribution in [2.75, 3.05) is 25.6 Å². The zero-order chi connectivity index (χ0) is 17.6. The van der Waals surface area contributed by atoms with Gasteiger partial charge >= 0.3 is 0 Å². The Bertz CT molecular complexity index is 703. The van der Waals surface area contributed by atoms with Gasteiger partial charge in [-0.25, -0.2) is 0 Å². The van der Waals surface area contributed by atoms with Crippen LogP contribution in [0.1, 0.15) is 17.7 Å². The largest absolute Gasteiger partial charge is 0.495 e. The van der Waals surface area contributed by atoms with E-state index in [-0.39, 0.29) is 6.10 Å². The van der Waals surface area contributed by atoms with Crippen LogP contribution in [0.3, 0.4) is 0 Å². The third kappa shape index (κ3) is 5.07. The molecule has 0 amide bonds. The molecule has 25 heavy (non-hydrogen) atoms. The van der Waals surface area contributed by atoms with Crippen molar-refractivity contribution in [1.29, 1.82) is 0 Å². The molecule has 0 bridgehead atoms. The number of halogens is 1. The molecule has 1 aliphatic rings. The van der Waals surface area contributed by atoms with Crippen LogP contribution in [0, 0.1) is 0 Å². The summed E-state index contributed by atoms with van der Waals surface area (Å²) in [6, 6.07) is 9.65. The van der Waals surface area contributed by atoms with Gasteiger partial charge in [0.2, 0.25) is 0 Å².